The van der Waals surface area contributed by atoms with E-state index < -0.39 is 21.3 Å². The van der Waals surface area contributed by atoms with E-state index in [9.17, 15) is 0 Å². The minimum absolute atomic E-state index is 0. The number of hydrogen-bond donors (Lipinski definition) is 0. The third kappa shape index (κ3) is 8.99. The van der Waals surface area contributed by atoms with Gasteiger partial charge in [-0.05, 0) is 0 Å². The zero-order chi connectivity index (χ0) is 39.2. The van der Waals surface area contributed by atoms with Gasteiger partial charge in [0.25, 0.3) is 0 Å². The standard InChI is InChI=1S/C35H37.C15H14.C5H5.2ClH.Zr/c1-22-9-13-24(14-10-22)30-18-26-17-27-19-31(25-15-11-23(2)12-16-25)33(35(6,7)8)21-29(27)28(26)20-32(30)34(3,4)5;1-3-8-14(9-4-1)12-7-13-15-10-5-2-6-11-15;1-2-4-5-3-1;;;/h9-16,18,20-21H,17H2,1-8H3;1-6,8-11H,12-13H2;1-3H,4H2;2*1H;. The van der Waals surface area contributed by atoms with Crippen LogP contribution in [-0.2, 0) is 51.4 Å². The maximum atomic E-state index is 2.63. The molecule has 58 heavy (non-hydrogen) atoms. The minimum atomic E-state index is -2.90. The summed E-state index contributed by atoms with van der Waals surface area (Å²) in [6.07, 6.45) is 11.3. The van der Waals surface area contributed by atoms with Gasteiger partial charge < -0.3 is 0 Å². The van der Waals surface area contributed by atoms with Gasteiger partial charge in [-0.15, -0.1) is 24.8 Å². The topological polar surface area (TPSA) is 0 Å². The number of aryl methyl sites for hydroxylation is 2. The van der Waals surface area contributed by atoms with Gasteiger partial charge in [-0.1, -0.05) is 0 Å². The molecule has 6 aromatic carbocycles. The molecule has 0 heterocycles. The Morgan fingerprint density at radius 3 is 1.59 bits per heavy atom. The molecule has 0 saturated heterocycles. The van der Waals surface area contributed by atoms with E-state index in [2.05, 4.69) is 201 Å². The van der Waals surface area contributed by atoms with Crippen LogP contribution >= 0.6 is 24.8 Å². The number of halogens is 2. The first-order chi connectivity index (χ1) is 26.8. The van der Waals surface area contributed by atoms with Gasteiger partial charge in [0, 0.05) is 0 Å². The van der Waals surface area contributed by atoms with E-state index in [1.54, 1.807) is 15.3 Å². The molecular formula is C55H58Cl2Zr. The van der Waals surface area contributed by atoms with Crippen molar-refractivity contribution < 1.29 is 21.3 Å². The molecule has 6 aromatic rings. The van der Waals surface area contributed by atoms with Crippen LogP contribution in [0.4, 0.5) is 0 Å². The van der Waals surface area contributed by atoms with E-state index in [0.717, 1.165) is 25.7 Å². The quantitative estimate of drug-likeness (QED) is 0.143. The van der Waals surface area contributed by atoms with Crippen LogP contribution < -0.4 is 3.27 Å². The van der Waals surface area contributed by atoms with Gasteiger partial charge in [0.05, 0.1) is 0 Å². The second-order valence-electron chi connectivity index (χ2n) is 18.3. The molecule has 0 N–H and O–H groups in total. The van der Waals surface area contributed by atoms with Crippen LogP contribution in [-0.4, -0.2) is 3.21 Å². The zero-order valence-electron chi connectivity index (χ0n) is 35.5. The average molecular weight is 881 g/mol. The summed E-state index contributed by atoms with van der Waals surface area (Å²) in [5.74, 6) is 0. The minimum Gasteiger partial charge on any atom is -0.147 e. The van der Waals surface area contributed by atoms with Gasteiger partial charge in [-0.3, -0.25) is 0 Å². The second kappa shape index (κ2) is 17.8. The second-order valence-corrected chi connectivity index (χ2v) is 24.7. The van der Waals surface area contributed by atoms with Crippen LogP contribution in [0.5, 0.6) is 0 Å². The smallest absolute Gasteiger partial charge is 0.147 e. The van der Waals surface area contributed by atoms with Gasteiger partial charge in [0.15, 0.2) is 0 Å². The summed E-state index contributed by atoms with van der Waals surface area (Å²) < 4.78 is 5.16. The van der Waals surface area contributed by atoms with Gasteiger partial charge in [0.1, 0.15) is 0 Å². The van der Waals surface area contributed by atoms with Crippen molar-refractivity contribution in [2.75, 3.05) is 0 Å². The third-order valence-electron chi connectivity index (χ3n) is 11.9. The number of benzene rings is 6. The van der Waals surface area contributed by atoms with Crippen molar-refractivity contribution in [3.05, 3.63) is 193 Å². The Kier molecular flexibility index (Phi) is 13.4. The zero-order valence-corrected chi connectivity index (χ0v) is 39.6. The fourth-order valence-electron chi connectivity index (χ4n) is 8.98. The molecule has 296 valence electrons. The molecule has 2 aliphatic rings. The first-order valence-corrected chi connectivity index (χ1v) is 24.2. The van der Waals surface area contributed by atoms with Crippen LogP contribution in [0.25, 0.3) is 33.4 Å². The fraction of sp³-hybridized carbons (Fsp3) is 0.255. The molecule has 0 saturated carbocycles. The summed E-state index contributed by atoms with van der Waals surface area (Å²) in [5.41, 5.74) is 19.8. The molecule has 0 atom stereocenters. The van der Waals surface area contributed by atoms with Crippen LogP contribution in [0.15, 0.2) is 149 Å². The predicted molar refractivity (Wildman–Crippen MR) is 254 cm³/mol. The molecule has 0 spiro atoms. The van der Waals surface area contributed by atoms with E-state index in [0.29, 0.717) is 0 Å². The first kappa shape index (κ1) is 43.7. The molecule has 0 fully saturated rings. The normalized spacial score (nSPS) is 12.9. The average Bonchev–Trinajstić information content (AvgIpc) is 3.83. The number of fused-ring (bicyclic) bond motifs is 3. The summed E-state index contributed by atoms with van der Waals surface area (Å²) in [4.78, 5) is 0. The number of rotatable bonds is 8. The molecule has 0 unspecified atom stereocenters. The van der Waals surface area contributed by atoms with Gasteiger partial charge in [-0.2, -0.15) is 0 Å². The Labute approximate surface area is 368 Å². The monoisotopic (exact) mass is 878 g/mol. The Morgan fingerprint density at radius 1 is 0.569 bits per heavy atom. The Morgan fingerprint density at radius 2 is 1.09 bits per heavy atom. The molecular weight excluding hydrogens is 823 g/mol. The van der Waals surface area contributed by atoms with Crippen molar-refractivity contribution in [3.63, 3.8) is 0 Å². The van der Waals surface area contributed by atoms with Crippen LogP contribution in [0.1, 0.15) is 92.5 Å². The van der Waals surface area contributed by atoms with E-state index in [4.69, 9.17) is 0 Å². The fourth-order valence-corrected chi connectivity index (χ4v) is 17.7. The molecule has 3 heteroatoms. The molecule has 0 nitrogen and oxygen atoms in total. The SMILES string of the molecule is Cc1ccc(-c2cc3c(cc2C(C)(C)C)-c2cc(C(C)(C)C)c(-c4ccc(C)cc4)[c]([Zr]([C]4=CC=CC4)=[C](Cc4ccccc4)Cc4ccccc4)c2C3)cc1.Cl.Cl. The maximum Gasteiger partial charge on any atom is -0.147 e. The van der Waals surface area contributed by atoms with Crippen molar-refractivity contribution in [1.82, 2.24) is 0 Å². The first-order valence-electron chi connectivity index (χ1n) is 20.5. The molecule has 0 aromatic heterocycles. The van der Waals surface area contributed by atoms with Crippen LogP contribution in [0.2, 0.25) is 0 Å². The summed E-state index contributed by atoms with van der Waals surface area (Å²) in [5, 5.41) is 0. The largest absolute Gasteiger partial charge is 0.147 e. The molecule has 0 amide bonds. The van der Waals surface area contributed by atoms with E-state index in [1.165, 1.54) is 72.3 Å². The summed E-state index contributed by atoms with van der Waals surface area (Å²) in [7, 11) is 0. The Hall–Kier alpha value is -3.87. The number of hydrogen-bond acceptors (Lipinski definition) is 0. The summed E-state index contributed by atoms with van der Waals surface area (Å²) in [6, 6.07) is 49.1. The van der Waals surface area contributed by atoms with Crippen molar-refractivity contribution in [2.24, 2.45) is 0 Å². The van der Waals surface area contributed by atoms with Gasteiger partial charge >= 0.3 is 346 Å². The van der Waals surface area contributed by atoms with E-state index in [1.807, 2.05) is 0 Å². The molecule has 0 aliphatic heterocycles. The molecule has 0 radical (unpaired) electrons. The van der Waals surface area contributed by atoms with Crippen molar-refractivity contribution in [2.45, 2.75) is 91.9 Å². The summed E-state index contributed by atoms with van der Waals surface area (Å²) in [6.45, 7) is 18.9. The van der Waals surface area contributed by atoms with Crippen molar-refractivity contribution in [3.8, 4) is 33.4 Å². The van der Waals surface area contributed by atoms with Crippen molar-refractivity contribution >= 4 is 31.3 Å². The molecule has 2 aliphatic carbocycles. The van der Waals surface area contributed by atoms with Gasteiger partial charge in [-0.25, -0.2) is 0 Å². The Balaban J connectivity index is 0.00000283. The maximum absolute atomic E-state index is 2.90. The van der Waals surface area contributed by atoms with E-state index >= 15 is 0 Å². The van der Waals surface area contributed by atoms with Crippen molar-refractivity contribution in [1.29, 1.82) is 0 Å². The Bertz CT molecular complexity index is 2460. The van der Waals surface area contributed by atoms with Crippen LogP contribution in [0, 0.1) is 13.8 Å². The van der Waals surface area contributed by atoms with E-state index in [-0.39, 0.29) is 35.6 Å². The molecule has 0 bridgehead atoms. The predicted octanol–water partition coefficient (Wildman–Crippen LogP) is 14.4. The van der Waals surface area contributed by atoms with Crippen LogP contribution in [0.3, 0.4) is 0 Å². The third-order valence-corrected chi connectivity index (χ3v) is 19.6. The molecule has 8 rings (SSSR count). The number of allylic oxidation sites excluding steroid dienone is 4. The van der Waals surface area contributed by atoms with Gasteiger partial charge in [0.2, 0.25) is 0 Å². The summed E-state index contributed by atoms with van der Waals surface area (Å²) >= 11 is -2.90.